The summed E-state index contributed by atoms with van der Waals surface area (Å²) in [4.78, 5) is 11.4. The summed E-state index contributed by atoms with van der Waals surface area (Å²) in [7, 11) is 0. The van der Waals surface area contributed by atoms with Crippen LogP contribution in [0.2, 0.25) is 0 Å². The highest BCUT2D eigenvalue weighted by molar-refractivity contribution is 9.10. The third kappa shape index (κ3) is 2.57. The zero-order valence-corrected chi connectivity index (χ0v) is 13.4. The number of fused-ring (bicyclic) bond motifs is 1. The van der Waals surface area contributed by atoms with Crippen molar-refractivity contribution in [2.75, 3.05) is 11.4 Å². The molecule has 0 spiro atoms. The molecule has 0 atom stereocenters. The molecular weight excluding hydrogens is 314 g/mol. The van der Waals surface area contributed by atoms with E-state index >= 15 is 0 Å². The zero-order chi connectivity index (χ0) is 14.1. The van der Waals surface area contributed by atoms with Crippen molar-refractivity contribution in [1.29, 1.82) is 0 Å². The molecule has 20 heavy (non-hydrogen) atoms. The molecule has 4 heteroatoms. The highest BCUT2D eigenvalue weighted by atomic mass is 79.9. The lowest BCUT2D eigenvalue weighted by Crippen LogP contribution is -2.25. The van der Waals surface area contributed by atoms with E-state index in [4.69, 9.17) is 0 Å². The average molecular weight is 332 g/mol. The summed E-state index contributed by atoms with van der Waals surface area (Å²) >= 11 is 3.49. The quantitative estimate of drug-likeness (QED) is 0.772. The van der Waals surface area contributed by atoms with Gasteiger partial charge in [0.05, 0.1) is 0 Å². The van der Waals surface area contributed by atoms with Gasteiger partial charge < -0.3 is 4.90 Å². The number of benzene rings is 1. The molecule has 2 heterocycles. The van der Waals surface area contributed by atoms with E-state index in [2.05, 4.69) is 62.8 Å². The topological polar surface area (TPSA) is 29.0 Å². The summed E-state index contributed by atoms with van der Waals surface area (Å²) in [6.45, 7) is 5.25. The van der Waals surface area contributed by atoms with E-state index in [1.807, 2.05) is 6.07 Å². The zero-order valence-electron chi connectivity index (χ0n) is 11.9. The minimum absolute atomic E-state index is 0.848. The van der Waals surface area contributed by atoms with Gasteiger partial charge in [0.1, 0.15) is 16.2 Å². The predicted molar refractivity (Wildman–Crippen MR) is 85.6 cm³/mol. The largest absolute Gasteiger partial charge is 0.326 e. The number of anilines is 2. The number of nitrogens with zero attached hydrogens (tertiary/aromatic N) is 3. The summed E-state index contributed by atoms with van der Waals surface area (Å²) in [5.74, 6) is 1.88. The summed E-state index contributed by atoms with van der Waals surface area (Å²) in [6, 6.07) is 8.69. The van der Waals surface area contributed by atoms with E-state index in [1.54, 1.807) is 0 Å². The number of hydrogen-bond acceptors (Lipinski definition) is 3. The Morgan fingerprint density at radius 2 is 2.10 bits per heavy atom. The van der Waals surface area contributed by atoms with Gasteiger partial charge in [0, 0.05) is 24.7 Å². The van der Waals surface area contributed by atoms with Gasteiger partial charge >= 0.3 is 0 Å². The minimum atomic E-state index is 0.848. The Labute approximate surface area is 128 Å². The number of halogens is 1. The van der Waals surface area contributed by atoms with Crippen LogP contribution in [0.25, 0.3) is 0 Å². The van der Waals surface area contributed by atoms with Crippen LogP contribution >= 0.6 is 15.9 Å². The molecule has 0 unspecified atom stereocenters. The van der Waals surface area contributed by atoms with E-state index in [-0.39, 0.29) is 0 Å². The van der Waals surface area contributed by atoms with Gasteiger partial charge in [-0.2, -0.15) is 0 Å². The summed E-state index contributed by atoms with van der Waals surface area (Å²) in [5.41, 5.74) is 4.03. The predicted octanol–water partition coefficient (Wildman–Crippen LogP) is 4.19. The fraction of sp³-hybridized carbons (Fsp3) is 0.375. The van der Waals surface area contributed by atoms with Crippen LogP contribution in [0.1, 0.15) is 30.3 Å². The molecule has 1 aliphatic rings. The van der Waals surface area contributed by atoms with Crippen LogP contribution in [-0.4, -0.2) is 16.5 Å². The molecular formula is C16H18BrN3. The van der Waals surface area contributed by atoms with Crippen LogP contribution in [0.3, 0.4) is 0 Å². The highest BCUT2D eigenvalue weighted by Gasteiger charge is 2.20. The summed E-state index contributed by atoms with van der Waals surface area (Å²) in [6.07, 6.45) is 3.17. The standard InChI is InChI=1S/C16H18BrN3/c1-3-15-18-14(17)10-16(19-15)20-8-4-5-12-9-11(2)6-7-13(12)20/h6-7,9-10H,3-5,8H2,1-2H3. The molecule has 0 N–H and O–H groups in total. The van der Waals surface area contributed by atoms with Gasteiger partial charge in [-0.05, 0) is 47.3 Å². The third-order valence-electron chi connectivity index (χ3n) is 3.67. The van der Waals surface area contributed by atoms with E-state index in [9.17, 15) is 0 Å². The highest BCUT2D eigenvalue weighted by Crippen LogP contribution is 2.33. The fourth-order valence-electron chi connectivity index (χ4n) is 2.71. The second kappa shape index (κ2) is 5.52. The normalized spacial score (nSPS) is 14.2. The van der Waals surface area contributed by atoms with Crippen LogP contribution < -0.4 is 4.90 Å². The Hall–Kier alpha value is -1.42. The maximum atomic E-state index is 4.68. The van der Waals surface area contributed by atoms with Gasteiger partial charge in [-0.3, -0.25) is 0 Å². The molecule has 0 bridgehead atoms. The molecule has 0 saturated heterocycles. The maximum absolute atomic E-state index is 4.68. The average Bonchev–Trinajstić information content (AvgIpc) is 2.45. The number of aromatic nitrogens is 2. The number of rotatable bonds is 2. The van der Waals surface area contributed by atoms with Gasteiger partial charge in [0.25, 0.3) is 0 Å². The molecule has 3 rings (SSSR count). The van der Waals surface area contributed by atoms with Gasteiger partial charge in [0.15, 0.2) is 0 Å². The Morgan fingerprint density at radius 3 is 2.90 bits per heavy atom. The van der Waals surface area contributed by atoms with E-state index in [0.717, 1.165) is 35.6 Å². The van der Waals surface area contributed by atoms with Crippen LogP contribution in [0.4, 0.5) is 11.5 Å². The molecule has 0 radical (unpaired) electrons. The molecule has 0 saturated carbocycles. The van der Waals surface area contributed by atoms with Crippen LogP contribution in [-0.2, 0) is 12.8 Å². The molecule has 3 nitrogen and oxygen atoms in total. The van der Waals surface area contributed by atoms with E-state index < -0.39 is 0 Å². The first-order chi connectivity index (χ1) is 9.67. The second-order valence-corrected chi connectivity index (χ2v) is 6.02. The Balaban J connectivity index is 2.06. The lowest BCUT2D eigenvalue weighted by atomic mass is 9.99. The Kier molecular flexibility index (Phi) is 3.74. The fourth-order valence-corrected chi connectivity index (χ4v) is 3.12. The van der Waals surface area contributed by atoms with Gasteiger partial charge in [-0.1, -0.05) is 24.6 Å². The molecule has 1 aliphatic heterocycles. The van der Waals surface area contributed by atoms with E-state index in [1.165, 1.54) is 23.2 Å². The van der Waals surface area contributed by atoms with E-state index in [0.29, 0.717) is 0 Å². The van der Waals surface area contributed by atoms with Crippen molar-refractivity contribution in [3.05, 3.63) is 45.8 Å². The van der Waals surface area contributed by atoms with Crippen LogP contribution in [0, 0.1) is 6.92 Å². The SMILES string of the molecule is CCc1nc(Br)cc(N2CCCc3cc(C)ccc32)n1. The van der Waals surface area contributed by atoms with Gasteiger partial charge in [0.2, 0.25) is 0 Å². The molecule has 0 amide bonds. The molecule has 0 fully saturated rings. The summed E-state index contributed by atoms with van der Waals surface area (Å²) < 4.78 is 0.860. The summed E-state index contributed by atoms with van der Waals surface area (Å²) in [5, 5.41) is 0. The lowest BCUT2D eigenvalue weighted by Gasteiger charge is -2.31. The number of hydrogen-bond donors (Lipinski definition) is 0. The van der Waals surface area contributed by atoms with Crippen molar-refractivity contribution >= 4 is 27.4 Å². The Bertz CT molecular complexity index is 640. The molecule has 104 valence electrons. The maximum Gasteiger partial charge on any atom is 0.137 e. The molecule has 0 aliphatic carbocycles. The first-order valence-corrected chi connectivity index (χ1v) is 7.87. The van der Waals surface area contributed by atoms with Crippen molar-refractivity contribution in [3.63, 3.8) is 0 Å². The van der Waals surface area contributed by atoms with Crippen molar-refractivity contribution in [2.45, 2.75) is 33.1 Å². The van der Waals surface area contributed by atoms with Crippen molar-refractivity contribution in [2.24, 2.45) is 0 Å². The molecule has 1 aromatic carbocycles. The van der Waals surface area contributed by atoms with Crippen LogP contribution in [0.15, 0.2) is 28.9 Å². The van der Waals surface area contributed by atoms with Gasteiger partial charge in [-0.15, -0.1) is 0 Å². The van der Waals surface area contributed by atoms with Crippen molar-refractivity contribution in [3.8, 4) is 0 Å². The molecule has 2 aromatic rings. The van der Waals surface area contributed by atoms with Gasteiger partial charge in [-0.25, -0.2) is 9.97 Å². The monoisotopic (exact) mass is 331 g/mol. The third-order valence-corrected chi connectivity index (χ3v) is 4.08. The lowest BCUT2D eigenvalue weighted by molar-refractivity contribution is 0.752. The Morgan fingerprint density at radius 1 is 1.25 bits per heavy atom. The smallest absolute Gasteiger partial charge is 0.137 e. The first-order valence-electron chi connectivity index (χ1n) is 7.08. The minimum Gasteiger partial charge on any atom is -0.326 e. The number of aryl methyl sites for hydroxylation is 3. The first kappa shape index (κ1) is 13.6. The van der Waals surface area contributed by atoms with Crippen molar-refractivity contribution in [1.82, 2.24) is 9.97 Å². The van der Waals surface area contributed by atoms with Crippen molar-refractivity contribution < 1.29 is 0 Å². The second-order valence-electron chi connectivity index (χ2n) is 5.21. The molecule has 1 aromatic heterocycles. The van der Waals surface area contributed by atoms with Crippen LogP contribution in [0.5, 0.6) is 0 Å².